The van der Waals surface area contributed by atoms with Gasteiger partial charge < -0.3 is 10.1 Å². The van der Waals surface area contributed by atoms with Gasteiger partial charge in [0.25, 0.3) is 5.91 Å². The van der Waals surface area contributed by atoms with Crippen molar-refractivity contribution in [3.63, 3.8) is 0 Å². The summed E-state index contributed by atoms with van der Waals surface area (Å²) in [5, 5.41) is 9.09. The highest BCUT2D eigenvalue weighted by Gasteiger charge is 2.14. The number of nitrogens with zero attached hydrogens (tertiary/aromatic N) is 3. The summed E-state index contributed by atoms with van der Waals surface area (Å²) in [6.45, 7) is 2.24. The molecule has 6 heteroatoms. The van der Waals surface area contributed by atoms with E-state index in [1.807, 2.05) is 49.5 Å². The van der Waals surface area contributed by atoms with Crippen molar-refractivity contribution < 1.29 is 9.53 Å². The maximum Gasteiger partial charge on any atom is 0.260 e. The molecule has 6 nitrogen and oxygen atoms in total. The Bertz CT molecular complexity index is 844. The highest BCUT2D eigenvalue weighted by molar-refractivity contribution is 5.84. The standard InChI is InChI=1S/C18H20N4O2/c1-13(18(23)19-10-9-17-20-12-21-22(17)2)24-16-8-7-14-5-3-4-6-15(14)11-16/h3-8,11-13H,9-10H2,1-2H3,(H,19,23). The average molecular weight is 324 g/mol. The topological polar surface area (TPSA) is 69.0 Å². The molecular formula is C18H20N4O2. The summed E-state index contributed by atoms with van der Waals surface area (Å²) in [5.41, 5.74) is 0. The van der Waals surface area contributed by atoms with Crippen molar-refractivity contribution in [2.24, 2.45) is 7.05 Å². The van der Waals surface area contributed by atoms with Crippen LogP contribution in [0.15, 0.2) is 48.8 Å². The van der Waals surface area contributed by atoms with Gasteiger partial charge in [-0.15, -0.1) is 0 Å². The van der Waals surface area contributed by atoms with Gasteiger partial charge in [0.15, 0.2) is 6.10 Å². The van der Waals surface area contributed by atoms with Crippen LogP contribution in [0, 0.1) is 0 Å². The average Bonchev–Trinajstić information content (AvgIpc) is 2.99. The summed E-state index contributed by atoms with van der Waals surface area (Å²) in [6.07, 6.45) is 1.57. The van der Waals surface area contributed by atoms with Gasteiger partial charge in [-0.3, -0.25) is 9.48 Å². The summed E-state index contributed by atoms with van der Waals surface area (Å²) in [4.78, 5) is 16.3. The molecule has 1 unspecified atom stereocenters. The first kappa shape index (κ1) is 16.0. The molecule has 0 aliphatic heterocycles. The van der Waals surface area contributed by atoms with E-state index in [0.29, 0.717) is 18.7 Å². The van der Waals surface area contributed by atoms with Crippen molar-refractivity contribution in [1.29, 1.82) is 0 Å². The molecule has 0 aliphatic carbocycles. The summed E-state index contributed by atoms with van der Waals surface area (Å²) >= 11 is 0. The van der Waals surface area contributed by atoms with E-state index in [1.54, 1.807) is 11.6 Å². The second-order valence-electron chi connectivity index (χ2n) is 5.61. The fraction of sp³-hybridized carbons (Fsp3) is 0.278. The Balaban J connectivity index is 1.54. The van der Waals surface area contributed by atoms with Crippen molar-refractivity contribution in [3.8, 4) is 5.75 Å². The van der Waals surface area contributed by atoms with Gasteiger partial charge in [-0.1, -0.05) is 30.3 Å². The number of benzene rings is 2. The highest BCUT2D eigenvalue weighted by Crippen LogP contribution is 2.21. The third kappa shape index (κ3) is 3.71. The lowest BCUT2D eigenvalue weighted by Gasteiger charge is -2.15. The van der Waals surface area contributed by atoms with Gasteiger partial charge in [0.1, 0.15) is 17.9 Å². The first-order chi connectivity index (χ1) is 11.6. The van der Waals surface area contributed by atoms with Crippen molar-refractivity contribution in [2.45, 2.75) is 19.4 Å². The van der Waals surface area contributed by atoms with Crippen molar-refractivity contribution in [2.75, 3.05) is 6.54 Å². The SMILES string of the molecule is CC(Oc1ccc2ccccc2c1)C(=O)NCCc1ncnn1C. The molecule has 3 rings (SSSR count). The number of carbonyl (C=O) groups excluding carboxylic acids is 1. The molecule has 0 spiro atoms. The van der Waals surface area contributed by atoms with Gasteiger partial charge in [-0.25, -0.2) is 4.98 Å². The molecule has 1 aromatic heterocycles. The molecule has 24 heavy (non-hydrogen) atoms. The second-order valence-corrected chi connectivity index (χ2v) is 5.61. The van der Waals surface area contributed by atoms with E-state index in [2.05, 4.69) is 15.4 Å². The number of hydrogen-bond acceptors (Lipinski definition) is 4. The minimum atomic E-state index is -0.564. The number of ether oxygens (including phenoxy) is 1. The number of aryl methyl sites for hydroxylation is 1. The van der Waals surface area contributed by atoms with Crippen LogP contribution in [0.2, 0.25) is 0 Å². The van der Waals surface area contributed by atoms with E-state index < -0.39 is 6.10 Å². The molecule has 1 N–H and O–H groups in total. The predicted octanol–water partition coefficient (Wildman–Crippen LogP) is 2.09. The molecule has 0 saturated heterocycles. The molecule has 2 aromatic carbocycles. The lowest BCUT2D eigenvalue weighted by atomic mass is 10.1. The second kappa shape index (κ2) is 7.12. The van der Waals surface area contributed by atoms with Crippen molar-refractivity contribution in [3.05, 3.63) is 54.6 Å². The number of amides is 1. The lowest BCUT2D eigenvalue weighted by Crippen LogP contribution is -2.37. The van der Waals surface area contributed by atoms with Gasteiger partial charge in [0.2, 0.25) is 0 Å². The summed E-state index contributed by atoms with van der Waals surface area (Å²) in [5.74, 6) is 1.37. The van der Waals surface area contributed by atoms with E-state index in [1.165, 1.54) is 6.33 Å². The van der Waals surface area contributed by atoms with E-state index in [4.69, 9.17) is 4.74 Å². The minimum Gasteiger partial charge on any atom is -0.481 e. The number of rotatable bonds is 6. The quantitative estimate of drug-likeness (QED) is 0.754. The van der Waals surface area contributed by atoms with Crippen LogP contribution in [0.4, 0.5) is 0 Å². The van der Waals surface area contributed by atoms with Crippen LogP contribution in [0.25, 0.3) is 10.8 Å². The third-order valence-corrected chi connectivity index (χ3v) is 3.86. The van der Waals surface area contributed by atoms with Crippen molar-refractivity contribution in [1.82, 2.24) is 20.1 Å². The molecule has 1 atom stereocenters. The largest absolute Gasteiger partial charge is 0.481 e. The zero-order chi connectivity index (χ0) is 16.9. The Hall–Kier alpha value is -2.89. The lowest BCUT2D eigenvalue weighted by molar-refractivity contribution is -0.127. The zero-order valence-corrected chi connectivity index (χ0v) is 13.8. The van der Waals surface area contributed by atoms with E-state index in [-0.39, 0.29) is 5.91 Å². The smallest absolute Gasteiger partial charge is 0.260 e. The summed E-state index contributed by atoms with van der Waals surface area (Å²) in [6, 6.07) is 13.9. The summed E-state index contributed by atoms with van der Waals surface area (Å²) < 4.78 is 7.45. The highest BCUT2D eigenvalue weighted by atomic mass is 16.5. The molecule has 0 radical (unpaired) electrons. The third-order valence-electron chi connectivity index (χ3n) is 3.86. The number of nitrogens with one attached hydrogen (secondary N) is 1. The number of fused-ring (bicyclic) bond motifs is 1. The molecule has 0 bridgehead atoms. The van der Waals surface area contributed by atoms with Crippen LogP contribution in [0.3, 0.4) is 0 Å². The fourth-order valence-electron chi connectivity index (χ4n) is 2.49. The molecule has 3 aromatic rings. The van der Waals surface area contributed by atoms with Crippen LogP contribution in [-0.2, 0) is 18.3 Å². The Morgan fingerprint density at radius 2 is 2.04 bits per heavy atom. The van der Waals surface area contributed by atoms with Crippen LogP contribution < -0.4 is 10.1 Å². The molecular weight excluding hydrogens is 304 g/mol. The number of carbonyl (C=O) groups is 1. The van der Waals surface area contributed by atoms with Crippen LogP contribution in [0.5, 0.6) is 5.75 Å². The Kier molecular flexibility index (Phi) is 4.74. The Labute approximate surface area is 140 Å². The minimum absolute atomic E-state index is 0.148. The Morgan fingerprint density at radius 1 is 1.25 bits per heavy atom. The van der Waals surface area contributed by atoms with Crippen molar-refractivity contribution >= 4 is 16.7 Å². The molecule has 1 amide bonds. The predicted molar refractivity (Wildman–Crippen MR) is 91.8 cm³/mol. The zero-order valence-electron chi connectivity index (χ0n) is 13.8. The Morgan fingerprint density at radius 3 is 2.79 bits per heavy atom. The number of aromatic nitrogens is 3. The first-order valence-corrected chi connectivity index (χ1v) is 7.89. The maximum absolute atomic E-state index is 12.1. The van der Waals surface area contributed by atoms with E-state index in [0.717, 1.165) is 16.6 Å². The van der Waals surface area contributed by atoms with Gasteiger partial charge in [0, 0.05) is 20.0 Å². The molecule has 1 heterocycles. The van der Waals surface area contributed by atoms with Crippen LogP contribution >= 0.6 is 0 Å². The molecule has 124 valence electrons. The number of hydrogen-bond donors (Lipinski definition) is 1. The van der Waals surface area contributed by atoms with Gasteiger partial charge in [0.05, 0.1) is 0 Å². The monoisotopic (exact) mass is 324 g/mol. The van der Waals surface area contributed by atoms with E-state index in [9.17, 15) is 4.79 Å². The normalized spacial score (nSPS) is 12.1. The molecule has 0 saturated carbocycles. The van der Waals surface area contributed by atoms with Gasteiger partial charge >= 0.3 is 0 Å². The van der Waals surface area contributed by atoms with Gasteiger partial charge in [-0.2, -0.15) is 5.10 Å². The van der Waals surface area contributed by atoms with Gasteiger partial charge in [-0.05, 0) is 29.8 Å². The first-order valence-electron chi connectivity index (χ1n) is 7.89. The maximum atomic E-state index is 12.1. The molecule has 0 aliphatic rings. The van der Waals surface area contributed by atoms with Crippen LogP contribution in [0.1, 0.15) is 12.7 Å². The van der Waals surface area contributed by atoms with Crippen LogP contribution in [-0.4, -0.2) is 33.3 Å². The van der Waals surface area contributed by atoms with E-state index >= 15 is 0 Å². The summed E-state index contributed by atoms with van der Waals surface area (Å²) in [7, 11) is 1.83. The molecule has 0 fully saturated rings. The fourth-order valence-corrected chi connectivity index (χ4v) is 2.49.